The molecule has 1 saturated heterocycles. The highest BCUT2D eigenvalue weighted by Gasteiger charge is 2.27. The molecule has 1 atom stereocenters. The number of aliphatic hydroxyl groups is 1. The van der Waals surface area contributed by atoms with Crippen LogP contribution >= 0.6 is 0 Å². The van der Waals surface area contributed by atoms with E-state index in [-0.39, 0.29) is 17.6 Å². The largest absolute Gasteiger partial charge is 0.393 e. The lowest BCUT2D eigenvalue weighted by Gasteiger charge is -2.42. The molecule has 1 heterocycles. The highest BCUT2D eigenvalue weighted by molar-refractivity contribution is 5.76. The Morgan fingerprint density at radius 1 is 1.24 bits per heavy atom. The van der Waals surface area contributed by atoms with E-state index in [0.717, 1.165) is 26.2 Å². The summed E-state index contributed by atoms with van der Waals surface area (Å²) in [5.74, 6) is 0.180. The summed E-state index contributed by atoms with van der Waals surface area (Å²) in [6, 6.07) is 0. The molecule has 1 fully saturated rings. The highest BCUT2D eigenvalue weighted by atomic mass is 16.3. The Labute approximate surface area is 105 Å². The predicted octanol–water partition coefficient (Wildman–Crippen LogP) is 1.09. The van der Waals surface area contributed by atoms with E-state index in [4.69, 9.17) is 5.11 Å². The molecule has 1 amide bonds. The first kappa shape index (κ1) is 14.5. The van der Waals surface area contributed by atoms with Crippen molar-refractivity contribution >= 4 is 5.91 Å². The van der Waals surface area contributed by atoms with Crippen LogP contribution < -0.4 is 0 Å². The molecule has 1 rings (SSSR count). The maximum Gasteiger partial charge on any atom is 0.222 e. The van der Waals surface area contributed by atoms with Crippen molar-refractivity contribution in [2.75, 3.05) is 26.2 Å². The lowest BCUT2D eigenvalue weighted by Crippen LogP contribution is -2.54. The van der Waals surface area contributed by atoms with Crippen molar-refractivity contribution < 1.29 is 9.90 Å². The third-order valence-corrected chi connectivity index (χ3v) is 3.36. The van der Waals surface area contributed by atoms with Crippen molar-refractivity contribution in [3.8, 4) is 0 Å². The van der Waals surface area contributed by atoms with Gasteiger partial charge in [-0.15, -0.1) is 0 Å². The second-order valence-corrected chi connectivity index (χ2v) is 5.93. The van der Waals surface area contributed by atoms with Crippen LogP contribution in [-0.2, 0) is 4.79 Å². The number of amides is 1. The lowest BCUT2D eigenvalue weighted by atomic mass is 10.0. The fraction of sp³-hybridized carbons (Fsp3) is 0.923. The molecule has 0 aromatic carbocycles. The molecule has 0 aromatic heterocycles. The lowest BCUT2D eigenvalue weighted by molar-refractivity contribution is -0.134. The number of carbonyl (C=O) groups excluding carboxylic acids is 1. The van der Waals surface area contributed by atoms with Gasteiger partial charge in [-0.05, 0) is 34.1 Å². The normalized spacial score (nSPS) is 20.4. The van der Waals surface area contributed by atoms with E-state index in [2.05, 4.69) is 25.7 Å². The van der Waals surface area contributed by atoms with E-state index in [0.29, 0.717) is 12.8 Å². The van der Waals surface area contributed by atoms with Crippen LogP contribution in [-0.4, -0.2) is 58.6 Å². The minimum absolute atomic E-state index is 0.180. The summed E-state index contributed by atoms with van der Waals surface area (Å²) >= 11 is 0. The monoisotopic (exact) mass is 242 g/mol. The van der Waals surface area contributed by atoms with E-state index < -0.39 is 0 Å². The Balaban J connectivity index is 2.34. The van der Waals surface area contributed by atoms with Crippen LogP contribution in [0.25, 0.3) is 0 Å². The predicted molar refractivity (Wildman–Crippen MR) is 68.8 cm³/mol. The number of carbonyl (C=O) groups is 1. The van der Waals surface area contributed by atoms with Crippen LogP contribution in [0.5, 0.6) is 0 Å². The standard InChI is InChI=1S/C13H26N2O2/c1-11(16)5-6-12(17)14-7-9-15(10-8-14)13(2,3)4/h11,16H,5-10H2,1-4H3. The summed E-state index contributed by atoms with van der Waals surface area (Å²) in [6.07, 6.45) is 0.653. The summed E-state index contributed by atoms with van der Waals surface area (Å²) in [5.41, 5.74) is 0.189. The number of piperazine rings is 1. The molecule has 4 heteroatoms. The van der Waals surface area contributed by atoms with Gasteiger partial charge >= 0.3 is 0 Å². The van der Waals surface area contributed by atoms with E-state index in [1.54, 1.807) is 6.92 Å². The third kappa shape index (κ3) is 4.64. The molecule has 1 unspecified atom stereocenters. The van der Waals surface area contributed by atoms with Gasteiger partial charge in [0.25, 0.3) is 0 Å². The van der Waals surface area contributed by atoms with Crippen LogP contribution in [0.15, 0.2) is 0 Å². The first-order valence-corrected chi connectivity index (χ1v) is 6.51. The van der Waals surface area contributed by atoms with E-state index in [1.807, 2.05) is 4.90 Å². The average Bonchev–Trinajstić information content (AvgIpc) is 2.25. The van der Waals surface area contributed by atoms with Gasteiger partial charge in [-0.25, -0.2) is 0 Å². The fourth-order valence-corrected chi connectivity index (χ4v) is 2.12. The summed E-state index contributed by atoms with van der Waals surface area (Å²) in [4.78, 5) is 16.2. The Morgan fingerprint density at radius 3 is 2.18 bits per heavy atom. The van der Waals surface area contributed by atoms with Gasteiger partial charge in [0.15, 0.2) is 0 Å². The Kier molecular flexibility index (Phi) is 4.95. The summed E-state index contributed by atoms with van der Waals surface area (Å²) in [5, 5.41) is 9.17. The molecule has 0 aliphatic carbocycles. The van der Waals surface area contributed by atoms with Crippen LogP contribution in [0.3, 0.4) is 0 Å². The summed E-state index contributed by atoms with van der Waals surface area (Å²) in [7, 11) is 0. The van der Waals surface area contributed by atoms with Crippen molar-refractivity contribution in [3.05, 3.63) is 0 Å². The van der Waals surface area contributed by atoms with E-state index >= 15 is 0 Å². The van der Waals surface area contributed by atoms with Crippen molar-refractivity contribution in [1.29, 1.82) is 0 Å². The molecule has 100 valence electrons. The van der Waals surface area contributed by atoms with Gasteiger partial charge < -0.3 is 10.0 Å². The molecule has 4 nitrogen and oxygen atoms in total. The van der Waals surface area contributed by atoms with Gasteiger partial charge in [-0.2, -0.15) is 0 Å². The molecule has 0 saturated carbocycles. The number of hydrogen-bond donors (Lipinski definition) is 1. The first-order valence-electron chi connectivity index (χ1n) is 6.51. The fourth-order valence-electron chi connectivity index (χ4n) is 2.12. The second kappa shape index (κ2) is 5.83. The van der Waals surface area contributed by atoms with Crippen LogP contribution in [0.4, 0.5) is 0 Å². The number of aliphatic hydroxyl groups excluding tert-OH is 1. The Bertz CT molecular complexity index is 251. The molecule has 1 aliphatic heterocycles. The zero-order chi connectivity index (χ0) is 13.1. The SMILES string of the molecule is CC(O)CCC(=O)N1CCN(C(C)(C)C)CC1. The molecule has 0 bridgehead atoms. The van der Waals surface area contributed by atoms with Gasteiger partial charge in [-0.3, -0.25) is 9.69 Å². The number of rotatable bonds is 3. The summed E-state index contributed by atoms with van der Waals surface area (Å²) < 4.78 is 0. The molecule has 0 aromatic rings. The molecule has 17 heavy (non-hydrogen) atoms. The molecule has 1 N–H and O–H groups in total. The zero-order valence-corrected chi connectivity index (χ0v) is 11.6. The highest BCUT2D eigenvalue weighted by Crippen LogP contribution is 2.16. The first-order chi connectivity index (χ1) is 7.80. The summed E-state index contributed by atoms with van der Waals surface area (Å²) in [6.45, 7) is 11.9. The molecular weight excluding hydrogens is 216 g/mol. The quantitative estimate of drug-likeness (QED) is 0.805. The van der Waals surface area contributed by atoms with Crippen molar-refractivity contribution in [1.82, 2.24) is 9.80 Å². The minimum atomic E-state index is -0.380. The van der Waals surface area contributed by atoms with Crippen LogP contribution in [0, 0.1) is 0 Å². The smallest absolute Gasteiger partial charge is 0.222 e. The molecule has 0 spiro atoms. The van der Waals surface area contributed by atoms with Gasteiger partial charge in [0.05, 0.1) is 6.10 Å². The van der Waals surface area contributed by atoms with Gasteiger partial charge in [0, 0.05) is 38.1 Å². The third-order valence-electron chi connectivity index (χ3n) is 3.36. The molecular formula is C13H26N2O2. The topological polar surface area (TPSA) is 43.8 Å². The van der Waals surface area contributed by atoms with Crippen LogP contribution in [0.2, 0.25) is 0 Å². The Hall–Kier alpha value is -0.610. The molecule has 1 aliphatic rings. The minimum Gasteiger partial charge on any atom is -0.393 e. The number of nitrogens with zero attached hydrogens (tertiary/aromatic N) is 2. The van der Waals surface area contributed by atoms with Crippen molar-refractivity contribution in [3.63, 3.8) is 0 Å². The maximum absolute atomic E-state index is 11.9. The van der Waals surface area contributed by atoms with Gasteiger partial charge in [0.1, 0.15) is 0 Å². The van der Waals surface area contributed by atoms with Gasteiger partial charge in [0.2, 0.25) is 5.91 Å². The number of hydrogen-bond acceptors (Lipinski definition) is 3. The second-order valence-electron chi connectivity index (χ2n) is 5.93. The van der Waals surface area contributed by atoms with Gasteiger partial charge in [-0.1, -0.05) is 0 Å². The van der Waals surface area contributed by atoms with Crippen molar-refractivity contribution in [2.24, 2.45) is 0 Å². The van der Waals surface area contributed by atoms with Crippen molar-refractivity contribution in [2.45, 2.75) is 52.2 Å². The van der Waals surface area contributed by atoms with E-state index in [1.165, 1.54) is 0 Å². The van der Waals surface area contributed by atoms with Crippen LogP contribution in [0.1, 0.15) is 40.5 Å². The van der Waals surface area contributed by atoms with E-state index in [9.17, 15) is 4.79 Å². The molecule has 0 radical (unpaired) electrons. The average molecular weight is 242 g/mol. The Morgan fingerprint density at radius 2 is 1.76 bits per heavy atom. The maximum atomic E-state index is 11.9. The zero-order valence-electron chi connectivity index (χ0n) is 11.6.